The van der Waals surface area contributed by atoms with E-state index in [1.165, 1.54) is 19.4 Å². The molecular formula is C25H22N2O5. The summed E-state index contributed by atoms with van der Waals surface area (Å²) >= 11 is 0. The molecule has 0 aliphatic heterocycles. The van der Waals surface area contributed by atoms with Crippen LogP contribution in [0.15, 0.2) is 76.9 Å². The summed E-state index contributed by atoms with van der Waals surface area (Å²) in [4.78, 5) is 24.5. The Bertz CT molecular complexity index is 1130. The summed E-state index contributed by atoms with van der Waals surface area (Å²) in [6.45, 7) is 0.173. The number of amides is 1. The number of esters is 1. The third-order valence-corrected chi connectivity index (χ3v) is 4.55. The molecule has 0 bridgehead atoms. The Morgan fingerprint density at radius 3 is 2.59 bits per heavy atom. The molecule has 0 fully saturated rings. The maximum absolute atomic E-state index is 12.3. The molecule has 0 saturated heterocycles. The summed E-state index contributed by atoms with van der Waals surface area (Å²) in [5, 5.41) is 12.0. The molecule has 0 radical (unpaired) electrons. The van der Waals surface area contributed by atoms with Gasteiger partial charge in [-0.25, -0.2) is 0 Å². The molecule has 0 unspecified atom stereocenters. The maximum Gasteiger partial charge on any atom is 0.311 e. The predicted molar refractivity (Wildman–Crippen MR) is 118 cm³/mol. The van der Waals surface area contributed by atoms with Crippen molar-refractivity contribution in [1.29, 1.82) is 5.26 Å². The minimum absolute atomic E-state index is 0.0776. The zero-order chi connectivity index (χ0) is 22.8. The van der Waals surface area contributed by atoms with Crippen LogP contribution in [-0.2, 0) is 22.6 Å². The van der Waals surface area contributed by atoms with Crippen molar-refractivity contribution in [3.63, 3.8) is 0 Å². The Hall–Kier alpha value is -4.31. The number of benzene rings is 2. The number of rotatable bonds is 9. The van der Waals surface area contributed by atoms with Gasteiger partial charge in [0.25, 0.3) is 5.91 Å². The molecule has 1 amide bonds. The van der Waals surface area contributed by atoms with Crippen LogP contribution in [0.2, 0.25) is 0 Å². The minimum Gasteiger partial charge on any atom is -0.493 e. The highest BCUT2D eigenvalue weighted by atomic mass is 16.6. The maximum atomic E-state index is 12.3. The fourth-order valence-electron chi connectivity index (χ4n) is 2.91. The van der Waals surface area contributed by atoms with Gasteiger partial charge in [0.2, 0.25) is 0 Å². The first-order valence-corrected chi connectivity index (χ1v) is 9.94. The molecule has 1 N–H and O–H groups in total. The Balaban J connectivity index is 1.64. The predicted octanol–water partition coefficient (Wildman–Crippen LogP) is 4.05. The Morgan fingerprint density at radius 2 is 1.91 bits per heavy atom. The van der Waals surface area contributed by atoms with Gasteiger partial charge in [-0.3, -0.25) is 9.59 Å². The molecule has 162 valence electrons. The van der Waals surface area contributed by atoms with E-state index in [0.29, 0.717) is 23.5 Å². The lowest BCUT2D eigenvalue weighted by molar-refractivity contribution is -0.134. The average molecular weight is 430 g/mol. The van der Waals surface area contributed by atoms with Crippen LogP contribution in [-0.4, -0.2) is 19.0 Å². The molecule has 0 aliphatic rings. The number of hydrogen-bond acceptors (Lipinski definition) is 6. The zero-order valence-electron chi connectivity index (χ0n) is 17.5. The third kappa shape index (κ3) is 6.34. The number of nitriles is 1. The lowest BCUT2D eigenvalue weighted by Crippen LogP contribution is -2.23. The van der Waals surface area contributed by atoms with Gasteiger partial charge in [-0.05, 0) is 47.9 Å². The van der Waals surface area contributed by atoms with Crippen molar-refractivity contribution in [2.75, 3.05) is 7.11 Å². The van der Waals surface area contributed by atoms with E-state index in [1.807, 2.05) is 36.4 Å². The molecular weight excluding hydrogens is 408 g/mol. The molecule has 7 nitrogen and oxygen atoms in total. The number of hydrogen-bond donors (Lipinski definition) is 1. The number of furan rings is 1. The van der Waals surface area contributed by atoms with Crippen LogP contribution in [0.25, 0.3) is 6.08 Å². The van der Waals surface area contributed by atoms with Gasteiger partial charge in [0.15, 0.2) is 11.5 Å². The van der Waals surface area contributed by atoms with Gasteiger partial charge in [-0.2, -0.15) is 5.26 Å². The van der Waals surface area contributed by atoms with E-state index in [-0.39, 0.29) is 30.3 Å². The fourth-order valence-corrected chi connectivity index (χ4v) is 2.91. The Kier molecular flexibility index (Phi) is 7.82. The summed E-state index contributed by atoms with van der Waals surface area (Å²) in [6.07, 6.45) is 3.73. The number of nitrogens with one attached hydrogen (secondary N) is 1. The molecule has 7 heteroatoms. The van der Waals surface area contributed by atoms with E-state index in [2.05, 4.69) is 5.32 Å². The molecule has 0 aliphatic carbocycles. The zero-order valence-corrected chi connectivity index (χ0v) is 17.5. The van der Waals surface area contributed by atoms with Crippen LogP contribution in [0, 0.1) is 11.3 Å². The second-order valence-corrected chi connectivity index (χ2v) is 6.80. The van der Waals surface area contributed by atoms with Gasteiger partial charge < -0.3 is 19.2 Å². The molecule has 3 rings (SSSR count). The first kappa shape index (κ1) is 22.4. The molecule has 0 atom stereocenters. The molecule has 1 heterocycles. The highest BCUT2D eigenvalue weighted by molar-refractivity contribution is 6.01. The molecule has 2 aromatic carbocycles. The number of carbonyl (C=O) groups is 2. The Labute approximate surface area is 185 Å². The average Bonchev–Trinajstić information content (AvgIpc) is 3.35. The number of aryl methyl sites for hydroxylation is 1. The van der Waals surface area contributed by atoms with Gasteiger partial charge in [0, 0.05) is 6.42 Å². The second kappa shape index (κ2) is 11.2. The largest absolute Gasteiger partial charge is 0.493 e. The number of carbonyl (C=O) groups excluding carboxylic acids is 2. The summed E-state index contributed by atoms with van der Waals surface area (Å²) in [5.41, 5.74) is 1.52. The number of ether oxygens (including phenoxy) is 2. The lowest BCUT2D eigenvalue weighted by atomic mass is 10.1. The number of methoxy groups -OCH3 is 1. The van der Waals surface area contributed by atoms with E-state index in [0.717, 1.165) is 5.56 Å². The lowest BCUT2D eigenvalue weighted by Gasteiger charge is -2.10. The highest BCUT2D eigenvalue weighted by Crippen LogP contribution is 2.29. The highest BCUT2D eigenvalue weighted by Gasteiger charge is 2.13. The smallest absolute Gasteiger partial charge is 0.311 e. The van der Waals surface area contributed by atoms with Crippen molar-refractivity contribution in [2.24, 2.45) is 0 Å². The first-order chi connectivity index (χ1) is 15.6. The van der Waals surface area contributed by atoms with E-state index >= 15 is 0 Å². The summed E-state index contributed by atoms with van der Waals surface area (Å²) < 4.78 is 15.9. The van der Waals surface area contributed by atoms with E-state index in [9.17, 15) is 14.9 Å². The SMILES string of the molecule is COc1cc(/C=C(\C#N)C(=O)NCc2ccco2)ccc1OC(=O)CCc1ccccc1. The second-order valence-electron chi connectivity index (χ2n) is 6.80. The minimum atomic E-state index is -0.528. The Morgan fingerprint density at radius 1 is 1.09 bits per heavy atom. The molecule has 32 heavy (non-hydrogen) atoms. The summed E-state index contributed by atoms with van der Waals surface area (Å²) in [7, 11) is 1.45. The molecule has 0 saturated carbocycles. The van der Waals surface area contributed by atoms with Crippen molar-refractivity contribution < 1.29 is 23.5 Å². The normalized spacial score (nSPS) is 10.8. The third-order valence-electron chi connectivity index (χ3n) is 4.55. The topological polar surface area (TPSA) is 102 Å². The van der Waals surface area contributed by atoms with Crippen molar-refractivity contribution in [3.8, 4) is 17.6 Å². The fraction of sp³-hybridized carbons (Fsp3) is 0.160. The van der Waals surface area contributed by atoms with Gasteiger partial charge in [-0.15, -0.1) is 0 Å². The molecule has 0 spiro atoms. The van der Waals surface area contributed by atoms with Crippen LogP contribution in [0.3, 0.4) is 0 Å². The van der Waals surface area contributed by atoms with Gasteiger partial charge in [0.05, 0.1) is 19.9 Å². The first-order valence-electron chi connectivity index (χ1n) is 9.94. The van der Waals surface area contributed by atoms with E-state index in [4.69, 9.17) is 13.9 Å². The summed E-state index contributed by atoms with van der Waals surface area (Å²) in [6, 6.07) is 19.8. The van der Waals surface area contributed by atoms with Crippen LogP contribution >= 0.6 is 0 Å². The van der Waals surface area contributed by atoms with Crippen molar-refractivity contribution in [2.45, 2.75) is 19.4 Å². The van der Waals surface area contributed by atoms with Crippen molar-refractivity contribution in [1.82, 2.24) is 5.32 Å². The van der Waals surface area contributed by atoms with Crippen molar-refractivity contribution in [3.05, 3.63) is 89.4 Å². The van der Waals surface area contributed by atoms with Crippen LogP contribution in [0.1, 0.15) is 23.3 Å². The molecule has 3 aromatic rings. The summed E-state index contributed by atoms with van der Waals surface area (Å²) in [5.74, 6) is 0.254. The monoisotopic (exact) mass is 430 g/mol. The van der Waals surface area contributed by atoms with Gasteiger partial charge in [-0.1, -0.05) is 36.4 Å². The molecule has 1 aromatic heterocycles. The van der Waals surface area contributed by atoms with Crippen molar-refractivity contribution >= 4 is 18.0 Å². The quantitative estimate of drug-likeness (QED) is 0.238. The van der Waals surface area contributed by atoms with Crippen LogP contribution in [0.4, 0.5) is 0 Å². The van der Waals surface area contributed by atoms with E-state index in [1.54, 1.807) is 30.3 Å². The number of nitrogens with zero attached hydrogens (tertiary/aromatic N) is 1. The van der Waals surface area contributed by atoms with Gasteiger partial charge in [0.1, 0.15) is 17.4 Å². The van der Waals surface area contributed by atoms with Crippen LogP contribution in [0.5, 0.6) is 11.5 Å². The van der Waals surface area contributed by atoms with Crippen LogP contribution < -0.4 is 14.8 Å². The van der Waals surface area contributed by atoms with Gasteiger partial charge >= 0.3 is 5.97 Å². The van der Waals surface area contributed by atoms with E-state index < -0.39 is 5.91 Å². The standard InChI is InChI=1S/C25H22N2O5/c1-30-23-15-19(14-20(16-26)25(29)27-17-21-8-5-13-31-21)9-11-22(23)32-24(28)12-10-18-6-3-2-4-7-18/h2-9,11,13-15H,10,12,17H2,1H3,(H,27,29)/b20-14+.